The van der Waals surface area contributed by atoms with E-state index in [9.17, 15) is 9.59 Å². The van der Waals surface area contributed by atoms with Crippen LogP contribution in [0, 0.1) is 6.92 Å². The van der Waals surface area contributed by atoms with Crippen LogP contribution >= 0.6 is 0 Å². The van der Waals surface area contributed by atoms with Gasteiger partial charge in [-0.05, 0) is 128 Å². The van der Waals surface area contributed by atoms with Crippen molar-refractivity contribution in [3.63, 3.8) is 0 Å². The Balaban J connectivity index is 0.935. The molecule has 0 saturated carbocycles. The number of ether oxygens (including phenoxy) is 4. The molecule has 0 saturated heterocycles. The average molecular weight is 1020 g/mol. The highest BCUT2D eigenvalue weighted by Gasteiger charge is 2.15. The van der Waals surface area contributed by atoms with Crippen LogP contribution in [0.2, 0.25) is 0 Å². The zero-order valence-corrected chi connectivity index (χ0v) is 45.9. The molecule has 0 amide bonds. The second-order valence-electron chi connectivity index (χ2n) is 20.1. The maximum Gasteiger partial charge on any atom is 0.343 e. The van der Waals surface area contributed by atoms with E-state index in [1.54, 1.807) is 60.7 Å². The molecule has 0 aliphatic carbocycles. The van der Waals surface area contributed by atoms with Crippen molar-refractivity contribution in [1.29, 1.82) is 0 Å². The number of benzene rings is 5. The quantitative estimate of drug-likeness (QED) is 0.0167. The van der Waals surface area contributed by atoms with E-state index in [0.29, 0.717) is 52.7 Å². The number of nitrogens with zero attached hydrogens (tertiary/aromatic N) is 4. The van der Waals surface area contributed by atoms with E-state index < -0.39 is 11.9 Å². The van der Waals surface area contributed by atoms with Gasteiger partial charge in [0, 0.05) is 6.07 Å². The van der Waals surface area contributed by atoms with E-state index in [4.69, 9.17) is 18.9 Å². The number of hydrogen-bond donors (Lipinski definition) is 0. The number of carbonyl (C=O) groups is 2. The van der Waals surface area contributed by atoms with Gasteiger partial charge in [0.25, 0.3) is 0 Å². The zero-order chi connectivity index (χ0) is 52.8. The van der Waals surface area contributed by atoms with Crippen molar-refractivity contribution in [3.8, 4) is 23.0 Å². The first-order valence-electron chi connectivity index (χ1n) is 28.9. The van der Waals surface area contributed by atoms with Gasteiger partial charge in [-0.2, -0.15) is 20.5 Å². The molecule has 10 heteroatoms. The molecule has 0 spiro atoms. The number of carbonyl (C=O) groups excluding carboxylic acids is 2. The van der Waals surface area contributed by atoms with Crippen LogP contribution in [0.1, 0.15) is 220 Å². The van der Waals surface area contributed by atoms with Crippen molar-refractivity contribution < 1.29 is 28.5 Å². The maximum absolute atomic E-state index is 13.2. The summed E-state index contributed by atoms with van der Waals surface area (Å²) in [7, 11) is 0. The second kappa shape index (κ2) is 37.6. The van der Waals surface area contributed by atoms with Gasteiger partial charge in [0.2, 0.25) is 0 Å². The molecule has 0 radical (unpaired) electrons. The summed E-state index contributed by atoms with van der Waals surface area (Å²) in [6.45, 7) is 7.79. The lowest BCUT2D eigenvalue weighted by molar-refractivity contribution is 0.0731. The molecule has 404 valence electrons. The Kier molecular flexibility index (Phi) is 29.9. The fourth-order valence-electron chi connectivity index (χ4n) is 8.83. The first kappa shape index (κ1) is 59.7. The van der Waals surface area contributed by atoms with E-state index in [-0.39, 0.29) is 11.5 Å². The molecule has 5 aromatic rings. The second-order valence-corrected chi connectivity index (χ2v) is 20.1. The largest absolute Gasteiger partial charge is 0.494 e. The summed E-state index contributed by atoms with van der Waals surface area (Å²) in [6, 6.07) is 33.5. The van der Waals surface area contributed by atoms with Crippen LogP contribution < -0.4 is 18.9 Å². The maximum atomic E-state index is 13.2. The standard InChI is InChI=1S/C65H88N4O6/c1-4-6-8-10-12-14-16-18-20-22-24-26-28-30-50-72-60-46-41-58(42-47-60)68-66-56-37-33-54(34-38-56)64(70)74-62-45-32-53(3)63(52-62)75-65(71)55-35-39-57(40-36-55)67-69-59-43-48-61(49-44-59)73-51-31-29-27-25-23-21-19-17-15-13-11-9-7-5-2/h32-49,52H,4-31,50-51H2,1-3H3. The van der Waals surface area contributed by atoms with Crippen molar-refractivity contribution in [3.05, 3.63) is 132 Å². The SMILES string of the molecule is CCCCCCCCCCCCCCCCOc1ccc(N=Nc2ccc(C(=O)Oc3ccc(C)c(OC(=O)c4ccc(N=Nc5ccc(OCCCCCCCCCCCCCCCC)cc5)cc4)c3)cc2)cc1. The number of hydrogen-bond acceptors (Lipinski definition) is 10. The van der Waals surface area contributed by atoms with Crippen LogP contribution in [0.3, 0.4) is 0 Å². The first-order valence-corrected chi connectivity index (χ1v) is 28.9. The van der Waals surface area contributed by atoms with Gasteiger partial charge in [-0.25, -0.2) is 9.59 Å². The summed E-state index contributed by atoms with van der Waals surface area (Å²) < 4.78 is 23.3. The fourth-order valence-corrected chi connectivity index (χ4v) is 8.83. The van der Waals surface area contributed by atoms with Crippen LogP contribution in [0.25, 0.3) is 0 Å². The molecule has 0 aliphatic rings. The lowest BCUT2D eigenvalue weighted by Gasteiger charge is -2.10. The van der Waals surface area contributed by atoms with Crippen LogP contribution in [-0.2, 0) is 0 Å². The molecule has 10 nitrogen and oxygen atoms in total. The van der Waals surface area contributed by atoms with Crippen molar-refractivity contribution >= 4 is 34.7 Å². The number of esters is 2. The molecule has 0 atom stereocenters. The lowest BCUT2D eigenvalue weighted by atomic mass is 10.0. The van der Waals surface area contributed by atoms with Crippen molar-refractivity contribution in [2.45, 2.75) is 201 Å². The highest BCUT2D eigenvalue weighted by atomic mass is 16.5. The molecule has 0 aliphatic heterocycles. The van der Waals surface area contributed by atoms with Crippen LogP contribution in [-0.4, -0.2) is 25.2 Å². The molecule has 0 heterocycles. The minimum absolute atomic E-state index is 0.240. The predicted octanol–water partition coefficient (Wildman–Crippen LogP) is 21.0. The van der Waals surface area contributed by atoms with Crippen LogP contribution in [0.5, 0.6) is 23.0 Å². The summed E-state index contributed by atoms with van der Waals surface area (Å²) >= 11 is 0. The molecule has 0 fully saturated rings. The molecular formula is C65H88N4O6. The van der Waals surface area contributed by atoms with E-state index in [2.05, 4.69) is 34.3 Å². The number of rotatable bonds is 40. The van der Waals surface area contributed by atoms with E-state index in [1.807, 2.05) is 55.5 Å². The zero-order valence-electron chi connectivity index (χ0n) is 45.9. The van der Waals surface area contributed by atoms with Gasteiger partial charge in [0.1, 0.15) is 23.0 Å². The number of azo groups is 2. The minimum Gasteiger partial charge on any atom is -0.494 e. The number of aryl methyl sites for hydroxylation is 1. The summed E-state index contributed by atoms with van der Waals surface area (Å²) in [4.78, 5) is 26.3. The molecule has 75 heavy (non-hydrogen) atoms. The fraction of sp³-hybridized carbons (Fsp3) is 0.508. The molecule has 0 N–H and O–H groups in total. The molecule has 5 aromatic carbocycles. The lowest BCUT2D eigenvalue weighted by Crippen LogP contribution is -2.11. The topological polar surface area (TPSA) is 121 Å². The average Bonchev–Trinajstić information content (AvgIpc) is 3.43. The Labute approximate surface area is 450 Å². The third-order valence-corrected chi connectivity index (χ3v) is 13.5. The third kappa shape index (κ3) is 25.8. The van der Waals surface area contributed by atoms with E-state index >= 15 is 0 Å². The van der Waals surface area contributed by atoms with Crippen molar-refractivity contribution in [2.75, 3.05) is 13.2 Å². The van der Waals surface area contributed by atoms with Crippen molar-refractivity contribution in [1.82, 2.24) is 0 Å². The van der Waals surface area contributed by atoms with E-state index in [0.717, 1.165) is 24.3 Å². The predicted molar refractivity (Wildman–Crippen MR) is 307 cm³/mol. The molecule has 0 unspecified atom stereocenters. The molecular weight excluding hydrogens is 933 g/mol. The van der Waals surface area contributed by atoms with Gasteiger partial charge >= 0.3 is 11.9 Å². The Morgan fingerprint density at radius 1 is 0.333 bits per heavy atom. The molecule has 0 bridgehead atoms. The van der Waals surface area contributed by atoms with Gasteiger partial charge in [-0.3, -0.25) is 0 Å². The Morgan fingerprint density at radius 3 is 0.947 bits per heavy atom. The van der Waals surface area contributed by atoms with Crippen LogP contribution in [0.15, 0.2) is 136 Å². The minimum atomic E-state index is -0.561. The van der Waals surface area contributed by atoms with Crippen molar-refractivity contribution in [2.24, 2.45) is 20.5 Å². The van der Waals surface area contributed by atoms with Crippen LogP contribution in [0.4, 0.5) is 22.7 Å². The summed E-state index contributed by atoms with van der Waals surface area (Å²) in [5, 5.41) is 17.4. The third-order valence-electron chi connectivity index (χ3n) is 13.5. The number of unbranched alkanes of at least 4 members (excludes halogenated alkanes) is 26. The highest BCUT2D eigenvalue weighted by molar-refractivity contribution is 5.92. The Hall–Kier alpha value is -6.16. The smallest absolute Gasteiger partial charge is 0.343 e. The Morgan fingerprint density at radius 2 is 0.613 bits per heavy atom. The molecule has 5 rings (SSSR count). The van der Waals surface area contributed by atoms with Gasteiger partial charge in [-0.1, -0.05) is 187 Å². The van der Waals surface area contributed by atoms with Gasteiger partial charge in [-0.15, -0.1) is 0 Å². The Bertz CT molecular complexity index is 2360. The summed E-state index contributed by atoms with van der Waals surface area (Å²) in [6.07, 6.45) is 37.4. The molecule has 0 aromatic heterocycles. The van der Waals surface area contributed by atoms with Gasteiger partial charge in [0.05, 0.1) is 47.1 Å². The van der Waals surface area contributed by atoms with Gasteiger partial charge in [0.15, 0.2) is 0 Å². The normalized spacial score (nSPS) is 11.4. The van der Waals surface area contributed by atoms with Gasteiger partial charge < -0.3 is 18.9 Å². The first-order chi connectivity index (χ1) is 36.9. The highest BCUT2D eigenvalue weighted by Crippen LogP contribution is 2.28. The van der Waals surface area contributed by atoms with E-state index in [1.165, 1.54) is 173 Å². The summed E-state index contributed by atoms with van der Waals surface area (Å²) in [5.74, 6) is 1.05. The monoisotopic (exact) mass is 1020 g/mol. The summed E-state index contributed by atoms with van der Waals surface area (Å²) in [5.41, 5.74) is 3.96.